The topological polar surface area (TPSA) is 57.8 Å². The molecule has 3 aromatic carbocycles. The van der Waals surface area contributed by atoms with Crippen LogP contribution in [0, 0.1) is 0 Å². The Morgan fingerprint density at radius 3 is 2.55 bits per heavy atom. The summed E-state index contributed by atoms with van der Waals surface area (Å²) in [7, 11) is 0. The maximum Gasteiger partial charge on any atom is 0.416 e. The van der Waals surface area contributed by atoms with Gasteiger partial charge in [0.2, 0.25) is 0 Å². The van der Waals surface area contributed by atoms with Crippen LogP contribution in [0.1, 0.15) is 15.9 Å². The Morgan fingerprint density at radius 2 is 1.79 bits per heavy atom. The number of nitrogens with one attached hydrogen (secondary N) is 2. The van der Waals surface area contributed by atoms with Crippen molar-refractivity contribution in [3.05, 3.63) is 82.9 Å². The Balaban J connectivity index is 1.63. The number of alkyl halides is 3. The molecule has 4 nitrogen and oxygen atoms in total. The number of hydrogen-bond donors (Lipinski definition) is 2. The zero-order valence-corrected chi connectivity index (χ0v) is 15.5. The van der Waals surface area contributed by atoms with Crippen LogP contribution in [0.3, 0.4) is 0 Å². The maximum absolute atomic E-state index is 12.9. The van der Waals surface area contributed by atoms with Gasteiger partial charge in [0.15, 0.2) is 0 Å². The number of aromatic nitrogens is 2. The second-order valence-electron chi connectivity index (χ2n) is 6.33. The number of carbonyl (C=O) groups is 1. The second-order valence-corrected chi connectivity index (χ2v) is 6.74. The average Bonchev–Trinajstić information content (AvgIpc) is 3.11. The second kappa shape index (κ2) is 7.25. The first kappa shape index (κ1) is 19.0. The molecule has 0 saturated carbocycles. The fraction of sp³-hybridized carbons (Fsp3) is 0.0476. The van der Waals surface area contributed by atoms with E-state index >= 15 is 0 Å². The van der Waals surface area contributed by atoms with Crippen LogP contribution < -0.4 is 5.32 Å². The van der Waals surface area contributed by atoms with Gasteiger partial charge in [-0.2, -0.15) is 13.2 Å². The van der Waals surface area contributed by atoms with Gasteiger partial charge in [0.1, 0.15) is 5.82 Å². The number of carbonyl (C=O) groups excluding carboxylic acids is 1. The third kappa shape index (κ3) is 3.95. The Bertz CT molecular complexity index is 1220. The van der Waals surface area contributed by atoms with Crippen molar-refractivity contribution in [2.45, 2.75) is 6.18 Å². The zero-order chi connectivity index (χ0) is 20.6. The fourth-order valence-corrected chi connectivity index (χ4v) is 3.13. The SMILES string of the molecule is O=C(Nc1cccc(-c2nc3ccc(C(F)(F)F)cc3[nH]2)c1)c1ccccc1Cl. The van der Waals surface area contributed by atoms with Crippen molar-refractivity contribution in [2.24, 2.45) is 0 Å². The number of anilines is 1. The number of amides is 1. The third-order valence-electron chi connectivity index (χ3n) is 4.32. The molecule has 4 rings (SSSR count). The van der Waals surface area contributed by atoms with Gasteiger partial charge in [-0.05, 0) is 42.5 Å². The van der Waals surface area contributed by atoms with E-state index in [0.717, 1.165) is 12.1 Å². The van der Waals surface area contributed by atoms with Gasteiger partial charge in [-0.15, -0.1) is 0 Å². The first-order chi connectivity index (χ1) is 13.8. The largest absolute Gasteiger partial charge is 0.416 e. The molecule has 0 aliphatic carbocycles. The maximum atomic E-state index is 12.9. The third-order valence-corrected chi connectivity index (χ3v) is 4.65. The molecule has 0 fully saturated rings. The van der Waals surface area contributed by atoms with E-state index < -0.39 is 11.7 Å². The normalized spacial score (nSPS) is 11.6. The number of halogens is 4. The lowest BCUT2D eigenvalue weighted by atomic mass is 10.1. The molecule has 8 heteroatoms. The smallest absolute Gasteiger partial charge is 0.338 e. The first-order valence-electron chi connectivity index (χ1n) is 8.54. The highest BCUT2D eigenvalue weighted by Crippen LogP contribution is 2.32. The van der Waals surface area contributed by atoms with Crippen molar-refractivity contribution >= 4 is 34.2 Å². The number of H-pyrrole nitrogens is 1. The van der Waals surface area contributed by atoms with Gasteiger partial charge in [0.05, 0.1) is 27.2 Å². The highest BCUT2D eigenvalue weighted by Gasteiger charge is 2.30. The number of rotatable bonds is 3. The zero-order valence-electron chi connectivity index (χ0n) is 14.7. The van der Waals surface area contributed by atoms with Crippen molar-refractivity contribution in [3.8, 4) is 11.4 Å². The van der Waals surface area contributed by atoms with Crippen LogP contribution in [0.15, 0.2) is 66.7 Å². The molecule has 0 spiro atoms. The molecule has 0 atom stereocenters. The van der Waals surface area contributed by atoms with E-state index in [0.29, 0.717) is 33.2 Å². The molecular formula is C21H13ClF3N3O. The van der Waals surface area contributed by atoms with E-state index in [1.807, 2.05) is 0 Å². The average molecular weight is 416 g/mol. The van der Waals surface area contributed by atoms with E-state index in [-0.39, 0.29) is 11.4 Å². The van der Waals surface area contributed by atoms with Gasteiger partial charge in [-0.25, -0.2) is 4.98 Å². The van der Waals surface area contributed by atoms with Gasteiger partial charge in [0.25, 0.3) is 5.91 Å². The lowest BCUT2D eigenvalue weighted by molar-refractivity contribution is -0.137. The van der Waals surface area contributed by atoms with Crippen LogP contribution in [-0.4, -0.2) is 15.9 Å². The fourth-order valence-electron chi connectivity index (χ4n) is 2.91. The predicted octanol–water partition coefficient (Wildman–Crippen LogP) is 6.15. The van der Waals surface area contributed by atoms with Crippen molar-refractivity contribution in [3.63, 3.8) is 0 Å². The van der Waals surface area contributed by atoms with Crippen LogP contribution in [0.2, 0.25) is 5.02 Å². The Hall–Kier alpha value is -3.32. The van der Waals surface area contributed by atoms with Gasteiger partial charge in [0, 0.05) is 11.3 Å². The quantitative estimate of drug-likeness (QED) is 0.421. The van der Waals surface area contributed by atoms with E-state index in [2.05, 4.69) is 15.3 Å². The Morgan fingerprint density at radius 1 is 1.00 bits per heavy atom. The summed E-state index contributed by atoms with van der Waals surface area (Å²) in [6.45, 7) is 0. The first-order valence-corrected chi connectivity index (χ1v) is 8.92. The number of nitrogens with zero attached hydrogens (tertiary/aromatic N) is 1. The lowest BCUT2D eigenvalue weighted by Gasteiger charge is -2.07. The van der Waals surface area contributed by atoms with E-state index in [4.69, 9.17) is 11.6 Å². The van der Waals surface area contributed by atoms with Gasteiger partial charge in [-0.1, -0.05) is 35.9 Å². The van der Waals surface area contributed by atoms with E-state index in [1.54, 1.807) is 48.5 Å². The monoisotopic (exact) mass is 415 g/mol. The highest BCUT2D eigenvalue weighted by molar-refractivity contribution is 6.34. The predicted molar refractivity (Wildman–Crippen MR) is 106 cm³/mol. The summed E-state index contributed by atoms with van der Waals surface area (Å²) in [6.07, 6.45) is -4.43. The molecule has 2 N–H and O–H groups in total. The molecular weight excluding hydrogens is 403 g/mol. The number of imidazole rings is 1. The van der Waals surface area contributed by atoms with Gasteiger partial charge in [-0.3, -0.25) is 4.79 Å². The minimum Gasteiger partial charge on any atom is -0.338 e. The summed E-state index contributed by atoms with van der Waals surface area (Å²) in [5.41, 5.74) is 1.40. The number of benzene rings is 3. The standard InChI is InChI=1S/C21H13ClF3N3O/c22-16-7-2-1-6-15(16)20(29)26-14-5-3-4-12(10-14)19-27-17-9-8-13(21(23,24)25)11-18(17)28-19/h1-11H,(H,26,29)(H,27,28). The number of aromatic amines is 1. The molecule has 0 aliphatic rings. The summed E-state index contributed by atoms with van der Waals surface area (Å²) in [5, 5.41) is 3.09. The molecule has 0 unspecified atom stereocenters. The molecule has 1 heterocycles. The summed E-state index contributed by atoms with van der Waals surface area (Å²) in [5.74, 6) is 0.0281. The highest BCUT2D eigenvalue weighted by atomic mass is 35.5. The minimum absolute atomic E-state index is 0.278. The molecule has 29 heavy (non-hydrogen) atoms. The molecule has 1 aromatic heterocycles. The molecule has 1 amide bonds. The van der Waals surface area contributed by atoms with Crippen LogP contribution in [0.25, 0.3) is 22.4 Å². The van der Waals surface area contributed by atoms with Crippen LogP contribution in [0.5, 0.6) is 0 Å². The molecule has 0 bridgehead atoms. The molecule has 146 valence electrons. The van der Waals surface area contributed by atoms with Crippen LogP contribution in [0.4, 0.5) is 18.9 Å². The number of hydrogen-bond acceptors (Lipinski definition) is 2. The summed E-state index contributed by atoms with van der Waals surface area (Å²) >= 11 is 6.05. The van der Waals surface area contributed by atoms with Crippen LogP contribution >= 0.6 is 11.6 Å². The minimum atomic E-state index is -4.43. The molecule has 0 radical (unpaired) electrons. The Kier molecular flexibility index (Phi) is 4.76. The van der Waals surface area contributed by atoms with Crippen molar-refractivity contribution in [1.29, 1.82) is 0 Å². The van der Waals surface area contributed by atoms with Gasteiger partial charge < -0.3 is 10.3 Å². The van der Waals surface area contributed by atoms with Crippen molar-refractivity contribution in [2.75, 3.05) is 5.32 Å². The molecule has 0 aliphatic heterocycles. The van der Waals surface area contributed by atoms with Crippen molar-refractivity contribution in [1.82, 2.24) is 9.97 Å². The summed E-state index contributed by atoms with van der Waals surface area (Å²) < 4.78 is 38.7. The summed E-state index contributed by atoms with van der Waals surface area (Å²) in [4.78, 5) is 19.7. The lowest BCUT2D eigenvalue weighted by Crippen LogP contribution is -2.12. The summed E-state index contributed by atoms with van der Waals surface area (Å²) in [6, 6.07) is 16.8. The van der Waals surface area contributed by atoms with Crippen molar-refractivity contribution < 1.29 is 18.0 Å². The van der Waals surface area contributed by atoms with E-state index in [9.17, 15) is 18.0 Å². The molecule has 4 aromatic rings. The molecule has 0 saturated heterocycles. The number of fused-ring (bicyclic) bond motifs is 1. The van der Waals surface area contributed by atoms with Crippen LogP contribution in [-0.2, 0) is 6.18 Å². The van der Waals surface area contributed by atoms with E-state index in [1.165, 1.54) is 6.07 Å². The Labute approximate surface area is 168 Å². The van der Waals surface area contributed by atoms with Gasteiger partial charge >= 0.3 is 6.18 Å².